The molecule has 0 unspecified atom stereocenters. The van der Waals surface area contributed by atoms with Gasteiger partial charge in [0.05, 0.1) is 18.6 Å². The van der Waals surface area contributed by atoms with Crippen LogP contribution < -0.4 is 0 Å². The lowest BCUT2D eigenvalue weighted by atomic mass is 10.3. The van der Waals surface area contributed by atoms with Crippen LogP contribution >= 0.6 is 0 Å². The van der Waals surface area contributed by atoms with Crippen LogP contribution in [0.1, 0.15) is 20.8 Å². The molecule has 0 spiro atoms. The molecule has 0 aromatic heterocycles. The van der Waals surface area contributed by atoms with E-state index in [9.17, 15) is 4.79 Å². The molecule has 1 aliphatic carbocycles. The molecule has 0 amide bonds. The van der Waals surface area contributed by atoms with Gasteiger partial charge in [0.25, 0.3) is 0 Å². The molecule has 3 nitrogen and oxygen atoms in total. The Morgan fingerprint density at radius 2 is 2.00 bits per heavy atom. The maximum atomic E-state index is 11.2. The van der Waals surface area contributed by atoms with Crippen molar-refractivity contribution in [2.75, 3.05) is 13.2 Å². The highest BCUT2D eigenvalue weighted by atomic mass is 16.5. The van der Waals surface area contributed by atoms with Gasteiger partial charge in [0.2, 0.25) is 0 Å². The molecule has 0 heterocycles. The number of ether oxygens (including phenoxy) is 2. The quantitative estimate of drug-likeness (QED) is 0.598. The lowest BCUT2D eigenvalue weighted by Crippen LogP contribution is -2.10. The fourth-order valence-corrected chi connectivity index (χ4v) is 1.46. The minimum Gasteiger partial charge on any atom is -0.466 e. The highest BCUT2D eigenvalue weighted by Gasteiger charge is 2.53. The van der Waals surface area contributed by atoms with Crippen molar-refractivity contribution in [1.82, 2.24) is 0 Å². The molecule has 0 saturated heterocycles. The molecule has 1 fully saturated rings. The van der Waals surface area contributed by atoms with Crippen LogP contribution in [0.5, 0.6) is 0 Å². The molecule has 1 saturated carbocycles. The largest absolute Gasteiger partial charge is 0.466 e. The fraction of sp³-hybridized carbons (Fsp3) is 0.889. The third kappa shape index (κ3) is 1.78. The van der Waals surface area contributed by atoms with Crippen molar-refractivity contribution >= 4 is 5.97 Å². The van der Waals surface area contributed by atoms with Gasteiger partial charge in [0.15, 0.2) is 0 Å². The summed E-state index contributed by atoms with van der Waals surface area (Å²) in [5.74, 6) is 0.220. The smallest absolute Gasteiger partial charge is 0.311 e. The van der Waals surface area contributed by atoms with Crippen molar-refractivity contribution < 1.29 is 14.3 Å². The molecule has 1 rings (SSSR count). The Labute approximate surface area is 73.0 Å². The summed E-state index contributed by atoms with van der Waals surface area (Å²) >= 11 is 0. The number of hydrogen-bond donors (Lipinski definition) is 0. The topological polar surface area (TPSA) is 35.5 Å². The van der Waals surface area contributed by atoms with E-state index in [-0.39, 0.29) is 18.0 Å². The summed E-state index contributed by atoms with van der Waals surface area (Å²) in [4.78, 5) is 11.2. The first-order valence-corrected chi connectivity index (χ1v) is 4.50. The van der Waals surface area contributed by atoms with Gasteiger partial charge < -0.3 is 9.47 Å². The first-order chi connectivity index (χ1) is 5.72. The Balaban J connectivity index is 2.31. The van der Waals surface area contributed by atoms with Crippen molar-refractivity contribution in [3.63, 3.8) is 0 Å². The van der Waals surface area contributed by atoms with Crippen molar-refractivity contribution in [1.29, 1.82) is 0 Å². The van der Waals surface area contributed by atoms with Gasteiger partial charge in [-0.1, -0.05) is 6.92 Å². The van der Waals surface area contributed by atoms with Crippen LogP contribution in [0, 0.1) is 11.8 Å². The number of rotatable bonds is 4. The molecule has 3 heteroatoms. The van der Waals surface area contributed by atoms with Crippen molar-refractivity contribution in [2.24, 2.45) is 11.8 Å². The lowest BCUT2D eigenvalue weighted by molar-refractivity contribution is -0.145. The van der Waals surface area contributed by atoms with Gasteiger partial charge in [0.1, 0.15) is 0 Å². The zero-order chi connectivity index (χ0) is 9.14. The summed E-state index contributed by atoms with van der Waals surface area (Å²) in [5, 5.41) is 0. The molecule has 1 aliphatic rings. The first-order valence-electron chi connectivity index (χ1n) is 4.50. The van der Waals surface area contributed by atoms with Crippen molar-refractivity contribution in [3.05, 3.63) is 0 Å². The minimum absolute atomic E-state index is 0.00935. The molecule has 70 valence electrons. The Bertz CT molecular complexity index is 167. The zero-order valence-corrected chi connectivity index (χ0v) is 7.87. The second-order valence-corrected chi connectivity index (χ2v) is 3.06. The van der Waals surface area contributed by atoms with E-state index in [1.54, 1.807) is 0 Å². The summed E-state index contributed by atoms with van der Waals surface area (Å²) in [5.41, 5.74) is 0. The number of esters is 1. The van der Waals surface area contributed by atoms with Gasteiger partial charge in [-0.05, 0) is 19.8 Å². The predicted octanol–water partition coefficient (Wildman–Crippen LogP) is 1.22. The highest BCUT2D eigenvalue weighted by molar-refractivity contribution is 5.77. The van der Waals surface area contributed by atoms with E-state index in [4.69, 9.17) is 9.47 Å². The van der Waals surface area contributed by atoms with E-state index in [0.29, 0.717) is 19.1 Å². The molecule has 0 aromatic rings. The first kappa shape index (κ1) is 9.52. The monoisotopic (exact) mass is 172 g/mol. The maximum absolute atomic E-state index is 11.2. The summed E-state index contributed by atoms with van der Waals surface area (Å²) in [6, 6.07) is 0. The molecule has 0 bridgehead atoms. The van der Waals surface area contributed by atoms with Crippen LogP contribution in [0.4, 0.5) is 0 Å². The van der Waals surface area contributed by atoms with Crippen LogP contribution in [0.2, 0.25) is 0 Å². The Morgan fingerprint density at radius 1 is 1.33 bits per heavy atom. The summed E-state index contributed by atoms with van der Waals surface area (Å²) in [6.45, 7) is 6.90. The summed E-state index contributed by atoms with van der Waals surface area (Å²) in [6.07, 6.45) is 0.106. The highest BCUT2D eigenvalue weighted by Crippen LogP contribution is 2.42. The summed E-state index contributed by atoms with van der Waals surface area (Å²) in [7, 11) is 0. The predicted molar refractivity (Wildman–Crippen MR) is 44.7 cm³/mol. The van der Waals surface area contributed by atoms with Crippen LogP contribution in [0.25, 0.3) is 0 Å². The second-order valence-electron chi connectivity index (χ2n) is 3.06. The molecular weight excluding hydrogens is 156 g/mol. The van der Waals surface area contributed by atoms with E-state index in [1.807, 2.05) is 20.8 Å². The SMILES string of the molecule is CCOC(=O)[C@@H]1[C@H](C)[C@H]1OCC. The number of carbonyl (C=O) groups excluding carboxylic acids is 1. The van der Waals surface area contributed by atoms with Gasteiger partial charge in [-0.3, -0.25) is 4.79 Å². The van der Waals surface area contributed by atoms with Crippen molar-refractivity contribution in [3.8, 4) is 0 Å². The molecular formula is C9H16O3. The third-order valence-electron chi connectivity index (χ3n) is 2.22. The van der Waals surface area contributed by atoms with Crippen LogP contribution in [-0.4, -0.2) is 25.3 Å². The number of carbonyl (C=O) groups is 1. The van der Waals surface area contributed by atoms with Crippen molar-refractivity contribution in [2.45, 2.75) is 26.9 Å². The van der Waals surface area contributed by atoms with Gasteiger partial charge in [-0.15, -0.1) is 0 Å². The van der Waals surface area contributed by atoms with E-state index in [0.717, 1.165) is 0 Å². The molecule has 0 N–H and O–H groups in total. The standard InChI is InChI=1S/C9H16O3/c1-4-11-8-6(3)7(8)9(10)12-5-2/h6-8H,4-5H2,1-3H3/t6-,7+,8+/m0/s1. The van der Waals surface area contributed by atoms with E-state index < -0.39 is 0 Å². The average molecular weight is 172 g/mol. The Kier molecular flexibility index (Phi) is 3.09. The number of hydrogen-bond acceptors (Lipinski definition) is 3. The van der Waals surface area contributed by atoms with E-state index in [1.165, 1.54) is 0 Å². The second kappa shape index (κ2) is 3.90. The van der Waals surface area contributed by atoms with Crippen LogP contribution in [0.3, 0.4) is 0 Å². The van der Waals surface area contributed by atoms with Gasteiger partial charge in [0, 0.05) is 6.61 Å². The average Bonchev–Trinajstić information content (AvgIpc) is 2.63. The Hall–Kier alpha value is -0.570. The molecule has 0 radical (unpaired) electrons. The normalized spacial score (nSPS) is 33.1. The lowest BCUT2D eigenvalue weighted by Gasteiger charge is -1.99. The van der Waals surface area contributed by atoms with Crippen LogP contribution in [0.15, 0.2) is 0 Å². The van der Waals surface area contributed by atoms with E-state index >= 15 is 0 Å². The van der Waals surface area contributed by atoms with Crippen LogP contribution in [-0.2, 0) is 14.3 Å². The molecule has 12 heavy (non-hydrogen) atoms. The molecule has 3 atom stereocenters. The fourth-order valence-electron chi connectivity index (χ4n) is 1.46. The van der Waals surface area contributed by atoms with Gasteiger partial charge >= 0.3 is 5.97 Å². The van der Waals surface area contributed by atoms with E-state index in [2.05, 4.69) is 0 Å². The van der Waals surface area contributed by atoms with Gasteiger partial charge in [-0.25, -0.2) is 0 Å². The maximum Gasteiger partial charge on any atom is 0.311 e. The van der Waals surface area contributed by atoms with Gasteiger partial charge in [-0.2, -0.15) is 0 Å². The summed E-state index contributed by atoms with van der Waals surface area (Å²) < 4.78 is 10.2. The molecule has 0 aromatic carbocycles. The minimum atomic E-state index is -0.108. The Morgan fingerprint density at radius 3 is 2.50 bits per heavy atom. The zero-order valence-electron chi connectivity index (χ0n) is 7.87. The third-order valence-corrected chi connectivity index (χ3v) is 2.22. The molecule has 0 aliphatic heterocycles.